The molecule has 9 heteroatoms. The van der Waals surface area contributed by atoms with E-state index in [2.05, 4.69) is 16.7 Å². The molecule has 1 aliphatic rings. The van der Waals surface area contributed by atoms with Gasteiger partial charge >= 0.3 is 5.69 Å². The van der Waals surface area contributed by atoms with Crippen LogP contribution in [0.2, 0.25) is 0 Å². The third kappa shape index (κ3) is 3.91. The van der Waals surface area contributed by atoms with Gasteiger partial charge < -0.3 is 9.84 Å². The third-order valence-corrected chi connectivity index (χ3v) is 4.82. The van der Waals surface area contributed by atoms with E-state index in [9.17, 15) is 19.5 Å². The molecule has 9 nitrogen and oxygen atoms in total. The Balaban J connectivity index is 2.04. The van der Waals surface area contributed by atoms with Crippen LogP contribution in [0.25, 0.3) is 0 Å². The lowest BCUT2D eigenvalue weighted by Crippen LogP contribution is -2.33. The van der Waals surface area contributed by atoms with Gasteiger partial charge in [0.1, 0.15) is 11.3 Å². The summed E-state index contributed by atoms with van der Waals surface area (Å²) in [6.45, 7) is 7.72. The number of nitrogens with zero attached hydrogens (tertiary/aromatic N) is 3. The maximum Gasteiger partial charge on any atom is 0.331 e. The van der Waals surface area contributed by atoms with Crippen molar-refractivity contribution in [2.24, 2.45) is 5.10 Å². The van der Waals surface area contributed by atoms with Crippen LogP contribution < -0.4 is 16.0 Å². The highest BCUT2D eigenvalue weighted by Gasteiger charge is 2.35. The summed E-state index contributed by atoms with van der Waals surface area (Å²) in [4.78, 5) is 39.1. The zero-order valence-electron chi connectivity index (χ0n) is 16.9. The van der Waals surface area contributed by atoms with Crippen LogP contribution in [0.4, 0.5) is 0 Å². The van der Waals surface area contributed by atoms with Crippen molar-refractivity contribution in [3.05, 3.63) is 68.9 Å². The van der Waals surface area contributed by atoms with Gasteiger partial charge in [-0.2, -0.15) is 5.10 Å². The van der Waals surface area contributed by atoms with E-state index in [1.54, 1.807) is 19.1 Å². The Morgan fingerprint density at radius 3 is 2.63 bits per heavy atom. The molecule has 0 spiro atoms. The maximum atomic E-state index is 12.5. The van der Waals surface area contributed by atoms with Gasteiger partial charge in [-0.3, -0.25) is 19.1 Å². The number of aromatic hydroxyl groups is 1. The summed E-state index contributed by atoms with van der Waals surface area (Å²) >= 11 is 0. The summed E-state index contributed by atoms with van der Waals surface area (Å²) in [7, 11) is 0. The quantitative estimate of drug-likeness (QED) is 0.674. The number of amides is 1. The van der Waals surface area contributed by atoms with Crippen LogP contribution in [0.15, 0.2) is 51.6 Å². The average molecular weight is 412 g/mol. The molecule has 1 atom stereocenters. The van der Waals surface area contributed by atoms with Gasteiger partial charge in [0.2, 0.25) is 11.8 Å². The molecule has 158 valence electrons. The highest BCUT2D eigenvalue weighted by Crippen LogP contribution is 2.34. The molecule has 1 unspecified atom stereocenters. The number of rotatable bonds is 7. The molecular formula is C21H24N4O5. The van der Waals surface area contributed by atoms with Crippen molar-refractivity contribution in [2.75, 3.05) is 6.61 Å². The van der Waals surface area contributed by atoms with Crippen LogP contribution in [0.1, 0.15) is 43.9 Å². The molecule has 2 heterocycles. The molecular weight excluding hydrogens is 388 g/mol. The Hall–Kier alpha value is -3.62. The van der Waals surface area contributed by atoms with Crippen LogP contribution in [-0.2, 0) is 11.3 Å². The fourth-order valence-corrected chi connectivity index (χ4v) is 3.38. The second-order valence-electron chi connectivity index (χ2n) is 6.72. The second-order valence-corrected chi connectivity index (χ2v) is 6.72. The minimum Gasteiger partial charge on any atom is -0.494 e. The number of allylic oxidation sites excluding steroid dienone is 1. The van der Waals surface area contributed by atoms with Gasteiger partial charge in [-0.25, -0.2) is 9.80 Å². The number of aromatic nitrogens is 2. The van der Waals surface area contributed by atoms with Crippen molar-refractivity contribution >= 4 is 11.6 Å². The van der Waals surface area contributed by atoms with Gasteiger partial charge in [0, 0.05) is 19.4 Å². The number of ether oxygens (including phenoxy) is 1. The van der Waals surface area contributed by atoms with Gasteiger partial charge in [0.15, 0.2) is 0 Å². The van der Waals surface area contributed by atoms with E-state index in [1.807, 2.05) is 19.1 Å². The van der Waals surface area contributed by atoms with Gasteiger partial charge in [-0.05, 0) is 24.6 Å². The Morgan fingerprint density at radius 1 is 1.33 bits per heavy atom. The Bertz CT molecular complexity index is 1100. The monoisotopic (exact) mass is 412 g/mol. The molecule has 1 aromatic carbocycles. The van der Waals surface area contributed by atoms with Crippen LogP contribution in [0.3, 0.4) is 0 Å². The smallest absolute Gasteiger partial charge is 0.331 e. The molecule has 0 bridgehead atoms. The van der Waals surface area contributed by atoms with Gasteiger partial charge in [0.25, 0.3) is 5.56 Å². The molecule has 0 aliphatic carbocycles. The highest BCUT2D eigenvalue weighted by molar-refractivity contribution is 6.04. The van der Waals surface area contributed by atoms with Gasteiger partial charge in [0.05, 0.1) is 18.4 Å². The molecule has 0 saturated heterocycles. The number of benzene rings is 1. The summed E-state index contributed by atoms with van der Waals surface area (Å²) in [5.74, 6) is -0.0165. The number of H-pyrrole nitrogens is 1. The van der Waals surface area contributed by atoms with Crippen molar-refractivity contribution in [3.8, 4) is 11.6 Å². The van der Waals surface area contributed by atoms with Crippen molar-refractivity contribution in [1.82, 2.24) is 14.6 Å². The fourth-order valence-electron chi connectivity index (χ4n) is 3.38. The number of hydrogen-bond acceptors (Lipinski definition) is 6. The standard InChI is InChI=1S/C21H24N4O5/c1-4-11-24-20(28)18(19(27)22-21(24)29)15-12-16(25(23-15)17(26)5-2)13-7-9-14(10-8-13)30-6-3/h4,7-10,16,28H,1,5-6,11-12H2,2-3H3,(H,22,27,29). The SMILES string of the molecule is C=CCn1c(O)c(C2=NN(C(=O)CC)C(c3ccc(OCC)cc3)C2)c(=O)[nH]c1=O. The van der Waals surface area contributed by atoms with Crippen LogP contribution in [0, 0.1) is 0 Å². The predicted octanol–water partition coefficient (Wildman–Crippen LogP) is 1.91. The summed E-state index contributed by atoms with van der Waals surface area (Å²) in [5.41, 5.74) is -0.586. The van der Waals surface area contributed by atoms with E-state index in [0.29, 0.717) is 12.4 Å². The summed E-state index contributed by atoms with van der Waals surface area (Å²) < 4.78 is 6.45. The summed E-state index contributed by atoms with van der Waals surface area (Å²) in [6, 6.07) is 6.85. The van der Waals surface area contributed by atoms with Crippen molar-refractivity contribution in [2.45, 2.75) is 39.3 Å². The van der Waals surface area contributed by atoms with E-state index >= 15 is 0 Å². The molecule has 1 aliphatic heterocycles. The van der Waals surface area contributed by atoms with E-state index < -0.39 is 23.2 Å². The first kappa shape index (κ1) is 21.1. The first-order chi connectivity index (χ1) is 14.4. The van der Waals surface area contributed by atoms with Crippen LogP contribution in [0.5, 0.6) is 11.6 Å². The van der Waals surface area contributed by atoms with Gasteiger partial charge in [-0.1, -0.05) is 25.1 Å². The molecule has 1 aromatic heterocycles. The largest absolute Gasteiger partial charge is 0.494 e. The Kier molecular flexibility index (Phi) is 6.20. The van der Waals surface area contributed by atoms with E-state index in [4.69, 9.17) is 4.74 Å². The number of nitrogens with one attached hydrogen (secondary N) is 1. The van der Waals surface area contributed by atoms with Crippen LogP contribution >= 0.6 is 0 Å². The highest BCUT2D eigenvalue weighted by atomic mass is 16.5. The lowest BCUT2D eigenvalue weighted by Gasteiger charge is -2.21. The molecule has 0 fully saturated rings. The summed E-state index contributed by atoms with van der Waals surface area (Å²) in [5, 5.41) is 16.2. The third-order valence-electron chi connectivity index (χ3n) is 4.82. The van der Waals surface area contributed by atoms with Gasteiger partial charge in [-0.15, -0.1) is 6.58 Å². The van der Waals surface area contributed by atoms with E-state index in [0.717, 1.165) is 10.1 Å². The first-order valence-corrected chi connectivity index (χ1v) is 9.70. The minimum atomic E-state index is -0.757. The zero-order valence-corrected chi connectivity index (χ0v) is 16.9. The fraction of sp³-hybridized carbons (Fsp3) is 0.333. The first-order valence-electron chi connectivity index (χ1n) is 9.70. The average Bonchev–Trinajstić information content (AvgIpc) is 3.16. The van der Waals surface area contributed by atoms with E-state index in [1.165, 1.54) is 11.1 Å². The van der Waals surface area contributed by atoms with Crippen molar-refractivity contribution in [3.63, 3.8) is 0 Å². The molecule has 1 amide bonds. The molecule has 3 rings (SSSR count). The predicted molar refractivity (Wildman–Crippen MR) is 112 cm³/mol. The van der Waals surface area contributed by atoms with Crippen molar-refractivity contribution < 1.29 is 14.6 Å². The number of carbonyl (C=O) groups excluding carboxylic acids is 1. The maximum absolute atomic E-state index is 12.5. The van der Waals surface area contributed by atoms with E-state index in [-0.39, 0.29) is 36.6 Å². The topological polar surface area (TPSA) is 117 Å². The minimum absolute atomic E-state index is 0.0155. The number of hydrogen-bond donors (Lipinski definition) is 2. The normalized spacial score (nSPS) is 15.7. The lowest BCUT2D eigenvalue weighted by molar-refractivity contribution is -0.132. The zero-order chi connectivity index (χ0) is 21.8. The van der Waals surface area contributed by atoms with Crippen molar-refractivity contribution in [1.29, 1.82) is 0 Å². The molecule has 0 radical (unpaired) electrons. The number of carbonyl (C=O) groups is 1. The number of aromatic amines is 1. The summed E-state index contributed by atoms with van der Waals surface area (Å²) in [6.07, 6.45) is 1.86. The molecule has 30 heavy (non-hydrogen) atoms. The Morgan fingerprint density at radius 2 is 2.03 bits per heavy atom. The molecule has 2 N–H and O–H groups in total. The second kappa shape index (κ2) is 8.81. The lowest BCUT2D eigenvalue weighted by atomic mass is 9.99. The van der Waals surface area contributed by atoms with Crippen LogP contribution in [-0.4, -0.2) is 37.9 Å². The Labute approximate surface area is 172 Å². The molecule has 0 saturated carbocycles. The molecule has 2 aromatic rings. The number of hydrazone groups is 1.